The van der Waals surface area contributed by atoms with Gasteiger partial charge >= 0.3 is 12.2 Å². The van der Waals surface area contributed by atoms with Gasteiger partial charge in [-0.2, -0.15) is 14.9 Å². The second-order valence-electron chi connectivity index (χ2n) is 13.5. The fourth-order valence-corrected chi connectivity index (χ4v) is 9.40. The summed E-state index contributed by atoms with van der Waals surface area (Å²) in [5.74, 6) is 0.108. The zero-order chi connectivity index (χ0) is 43.3. The van der Waals surface area contributed by atoms with E-state index >= 15 is 0 Å². The fourth-order valence-electron chi connectivity index (χ4n) is 6.00. The van der Waals surface area contributed by atoms with E-state index in [9.17, 15) is 19.2 Å². The first-order valence-corrected chi connectivity index (χ1v) is 23.3. The molecule has 0 atom stereocenters. The van der Waals surface area contributed by atoms with Crippen molar-refractivity contribution < 1.29 is 28.7 Å². The van der Waals surface area contributed by atoms with Crippen LogP contribution in [0.15, 0.2) is 83.5 Å². The number of H-pyrrole nitrogens is 1. The van der Waals surface area contributed by atoms with Crippen molar-refractivity contribution in [2.24, 2.45) is 0 Å². The highest BCUT2D eigenvalue weighted by atomic mass is 35.5. The van der Waals surface area contributed by atoms with E-state index in [-0.39, 0.29) is 43.1 Å². The van der Waals surface area contributed by atoms with E-state index < -0.39 is 5.24 Å². The normalized spacial score (nSPS) is 13.5. The molecule has 21 heteroatoms. The van der Waals surface area contributed by atoms with E-state index in [2.05, 4.69) is 50.6 Å². The smallest absolute Gasteiger partial charge is 0.410 e. The molecule has 0 aromatic carbocycles. The summed E-state index contributed by atoms with van der Waals surface area (Å²) in [6.07, 6.45) is 5.72. The van der Waals surface area contributed by atoms with Gasteiger partial charge in [-0.3, -0.25) is 14.7 Å². The van der Waals surface area contributed by atoms with Gasteiger partial charge in [-0.1, -0.05) is 48.5 Å². The van der Waals surface area contributed by atoms with Gasteiger partial charge in [-0.15, -0.1) is 45.3 Å². The SMILES string of the molecule is C=CCOC(=O)N1CC(c2cc(CCc3ccc(Cl)s3)[nH]n2)C1.C=CCOC(=O)N1CC(c2cc(CCc3ccc(Cl)s3)n(C(=O)c3cscn3)n2)C1.O=C(Cl)c1cscn1. The second-order valence-corrected chi connectivity index (χ2v) is 18.8. The van der Waals surface area contributed by atoms with Crippen molar-refractivity contribution >= 4 is 103 Å². The van der Waals surface area contributed by atoms with Crippen molar-refractivity contribution in [3.63, 3.8) is 0 Å². The van der Waals surface area contributed by atoms with E-state index in [0.29, 0.717) is 44.0 Å². The van der Waals surface area contributed by atoms with Crippen molar-refractivity contribution in [2.75, 3.05) is 39.4 Å². The number of ether oxygens (including phenoxy) is 2. The molecule has 0 unspecified atom stereocenters. The Balaban J connectivity index is 0.000000177. The molecule has 8 rings (SSSR count). The quantitative estimate of drug-likeness (QED) is 0.0821. The Bertz CT molecular complexity index is 2400. The van der Waals surface area contributed by atoms with E-state index in [1.54, 1.807) is 49.0 Å². The first-order chi connectivity index (χ1) is 29.5. The van der Waals surface area contributed by atoms with Gasteiger partial charge in [-0.25, -0.2) is 19.6 Å². The molecule has 0 spiro atoms. The third-order valence-corrected chi connectivity index (χ3v) is 13.2. The molecule has 2 amide bonds. The number of aromatic amines is 1. The maximum atomic E-state index is 12.9. The van der Waals surface area contributed by atoms with Gasteiger partial charge < -0.3 is 19.3 Å². The molecule has 6 aromatic heterocycles. The number of aryl methyl sites for hydroxylation is 4. The molecular weight excluding hydrogens is 923 g/mol. The zero-order valence-electron chi connectivity index (χ0n) is 32.4. The van der Waals surface area contributed by atoms with Crippen LogP contribution in [0.25, 0.3) is 0 Å². The summed E-state index contributed by atoms with van der Waals surface area (Å²) in [6, 6.07) is 11.9. The monoisotopic (exact) mass is 960 g/mol. The molecule has 8 heterocycles. The number of nitrogens with zero attached hydrogens (tertiary/aromatic N) is 7. The first kappa shape index (κ1) is 45.8. The Morgan fingerprint density at radius 1 is 0.754 bits per heavy atom. The number of thiophene rings is 2. The Kier molecular flexibility index (Phi) is 16.8. The van der Waals surface area contributed by atoms with Crippen LogP contribution < -0.4 is 0 Å². The molecule has 0 saturated carbocycles. The van der Waals surface area contributed by atoms with E-state index in [0.717, 1.165) is 55.6 Å². The minimum atomic E-state index is -0.494. The number of carbonyl (C=O) groups is 4. The number of amides is 2. The van der Waals surface area contributed by atoms with Gasteiger partial charge in [0.25, 0.3) is 11.1 Å². The molecule has 14 nitrogen and oxygen atoms in total. The van der Waals surface area contributed by atoms with Crippen LogP contribution in [0.5, 0.6) is 0 Å². The molecule has 6 aromatic rings. The number of nitrogens with one attached hydrogen (secondary N) is 1. The molecule has 2 saturated heterocycles. The number of rotatable bonds is 14. The van der Waals surface area contributed by atoms with Crippen LogP contribution in [0.1, 0.15) is 65.3 Å². The van der Waals surface area contributed by atoms with Crippen molar-refractivity contribution in [1.82, 2.24) is 39.7 Å². The predicted molar refractivity (Wildman–Crippen MR) is 240 cm³/mol. The van der Waals surface area contributed by atoms with Crippen LogP contribution in [0.2, 0.25) is 8.67 Å². The van der Waals surface area contributed by atoms with Gasteiger partial charge in [0, 0.05) is 69.9 Å². The van der Waals surface area contributed by atoms with Crippen molar-refractivity contribution in [3.8, 4) is 0 Å². The number of carbonyl (C=O) groups excluding carboxylic acids is 4. The Hall–Kier alpha value is -4.69. The van der Waals surface area contributed by atoms with Gasteiger partial charge in [-0.05, 0) is 73.7 Å². The van der Waals surface area contributed by atoms with Crippen LogP contribution in [-0.4, -0.2) is 102 Å². The molecule has 2 aliphatic heterocycles. The van der Waals surface area contributed by atoms with Crippen LogP contribution in [0, 0.1) is 0 Å². The predicted octanol–water partition coefficient (Wildman–Crippen LogP) is 9.40. The summed E-state index contributed by atoms with van der Waals surface area (Å²) in [4.78, 5) is 60.2. The molecule has 0 aliphatic carbocycles. The minimum absolute atomic E-state index is 0.0701. The average Bonchev–Trinajstić information content (AvgIpc) is 4.07. The number of halogens is 3. The first-order valence-electron chi connectivity index (χ1n) is 18.7. The largest absolute Gasteiger partial charge is 0.445 e. The summed E-state index contributed by atoms with van der Waals surface area (Å²) in [5.41, 5.74) is 7.63. The van der Waals surface area contributed by atoms with E-state index in [1.165, 1.54) is 49.6 Å². The summed E-state index contributed by atoms with van der Waals surface area (Å²) >= 11 is 22.9. The fraction of sp³-hybridized carbons (Fsp3) is 0.300. The third kappa shape index (κ3) is 12.9. The highest BCUT2D eigenvalue weighted by Crippen LogP contribution is 2.30. The van der Waals surface area contributed by atoms with Gasteiger partial charge in [0.05, 0.1) is 31.1 Å². The van der Waals surface area contributed by atoms with Crippen LogP contribution >= 0.6 is 80.1 Å². The summed E-state index contributed by atoms with van der Waals surface area (Å²) in [6.45, 7) is 9.83. The lowest BCUT2D eigenvalue weighted by Gasteiger charge is -2.37. The average molecular weight is 962 g/mol. The maximum Gasteiger partial charge on any atom is 0.410 e. The number of aromatic nitrogens is 6. The van der Waals surface area contributed by atoms with Gasteiger partial charge in [0.15, 0.2) is 0 Å². The molecule has 0 radical (unpaired) electrons. The number of hydrogen-bond donors (Lipinski definition) is 1. The second kappa shape index (κ2) is 22.4. The summed E-state index contributed by atoms with van der Waals surface area (Å²) < 4.78 is 13.1. The highest BCUT2D eigenvalue weighted by Gasteiger charge is 2.36. The highest BCUT2D eigenvalue weighted by molar-refractivity contribution is 7.16. The molecule has 1 N–H and O–H groups in total. The van der Waals surface area contributed by atoms with Crippen LogP contribution in [0.3, 0.4) is 0 Å². The lowest BCUT2D eigenvalue weighted by molar-refractivity contribution is 0.0776. The van der Waals surface area contributed by atoms with Crippen molar-refractivity contribution in [3.05, 3.63) is 136 Å². The Morgan fingerprint density at radius 2 is 1.30 bits per heavy atom. The number of thiazole rings is 2. The van der Waals surface area contributed by atoms with Crippen LogP contribution in [-0.2, 0) is 35.2 Å². The molecule has 320 valence electrons. The Labute approximate surface area is 382 Å². The number of hydrogen-bond acceptors (Lipinski definition) is 14. The zero-order valence-corrected chi connectivity index (χ0v) is 37.9. The van der Waals surface area contributed by atoms with Gasteiger partial charge in [0.2, 0.25) is 0 Å². The van der Waals surface area contributed by atoms with Crippen molar-refractivity contribution in [2.45, 2.75) is 37.5 Å². The third-order valence-electron chi connectivity index (χ3n) is 9.22. The molecule has 0 bridgehead atoms. The molecule has 2 fully saturated rings. The van der Waals surface area contributed by atoms with E-state index in [1.807, 2.05) is 24.3 Å². The summed E-state index contributed by atoms with van der Waals surface area (Å²) in [7, 11) is 0. The topological polar surface area (TPSA) is 166 Å². The molecular formula is C40H39Cl3N8O6S4. The minimum Gasteiger partial charge on any atom is -0.445 e. The maximum absolute atomic E-state index is 12.9. The number of likely N-dealkylation sites (tertiary alicyclic amines) is 2. The van der Waals surface area contributed by atoms with Crippen LogP contribution in [0.4, 0.5) is 9.59 Å². The lowest BCUT2D eigenvalue weighted by Crippen LogP contribution is -2.48. The van der Waals surface area contributed by atoms with E-state index in [4.69, 9.17) is 44.3 Å². The standard InChI is InChI=1S/C20H19ClN4O3S2.C16H18ClN3O2S.C4H2ClNOS/c1-2-7-28-20(27)24-9-13(10-24)16-8-14(3-4-15-5-6-18(21)30-15)25(23-16)19(26)17-11-29-12-22-17;1-2-7-22-16(21)20-9-11(10-20)14-8-12(18-19-14)3-4-13-5-6-15(17)23-13;5-4(7)3-1-8-2-6-3/h2,5-6,8,11-13H,1,3-4,7,9-10H2;2,5-6,8,11H,1,3-4,7,9-10H2,(H,18,19);1-2H. The van der Waals surface area contributed by atoms with Gasteiger partial charge in [0.1, 0.15) is 24.6 Å². The summed E-state index contributed by atoms with van der Waals surface area (Å²) in [5, 5.41) is 14.9. The lowest BCUT2D eigenvalue weighted by atomic mass is 9.96. The molecule has 2 aliphatic rings. The Morgan fingerprint density at radius 3 is 1.77 bits per heavy atom. The van der Waals surface area contributed by atoms with Crippen molar-refractivity contribution in [1.29, 1.82) is 0 Å². The molecule has 61 heavy (non-hydrogen) atoms.